The largest absolute Gasteiger partial charge is 0.393 e. The summed E-state index contributed by atoms with van der Waals surface area (Å²) in [7, 11) is 0. The number of hydrogen-bond acceptors (Lipinski definition) is 7. The molecule has 1 saturated carbocycles. The maximum atomic E-state index is 14.3. The number of aliphatic hydroxyl groups is 1. The maximum absolute atomic E-state index is 14.3. The molecule has 1 saturated heterocycles. The van der Waals surface area contributed by atoms with E-state index in [0.717, 1.165) is 0 Å². The molecule has 0 spiro atoms. The highest BCUT2D eigenvalue weighted by Gasteiger charge is 2.27. The Kier molecular flexibility index (Phi) is 4.71. The molecule has 5 rings (SSSR count). The van der Waals surface area contributed by atoms with E-state index in [1.54, 1.807) is 4.57 Å². The molecule has 1 aromatic carbocycles. The van der Waals surface area contributed by atoms with Crippen LogP contribution in [0, 0.1) is 17.5 Å². The van der Waals surface area contributed by atoms with Crippen molar-refractivity contribution in [3.05, 3.63) is 35.8 Å². The van der Waals surface area contributed by atoms with Crippen LogP contribution in [0.1, 0.15) is 42.2 Å². The van der Waals surface area contributed by atoms with Crippen LogP contribution in [0.15, 0.2) is 18.3 Å². The van der Waals surface area contributed by atoms with Crippen LogP contribution < -0.4 is 10.6 Å². The summed E-state index contributed by atoms with van der Waals surface area (Å²) in [5.41, 5.74) is 0.0495. The van der Waals surface area contributed by atoms with Gasteiger partial charge in [0.2, 0.25) is 11.9 Å². The molecule has 0 amide bonds. The number of imidazole rings is 1. The van der Waals surface area contributed by atoms with E-state index >= 15 is 0 Å². The van der Waals surface area contributed by atoms with E-state index in [4.69, 9.17) is 8.85 Å². The maximum Gasteiger partial charge on any atom is 0.224 e. The molecule has 3 atom stereocenters. The summed E-state index contributed by atoms with van der Waals surface area (Å²) in [6.07, 6.45) is -1.12. The van der Waals surface area contributed by atoms with Crippen LogP contribution in [0.4, 0.5) is 30.8 Å². The van der Waals surface area contributed by atoms with E-state index < -0.39 is 41.6 Å². The van der Waals surface area contributed by atoms with Crippen molar-refractivity contribution in [3.8, 4) is 0 Å². The third kappa shape index (κ3) is 4.09. The number of nitrogens with zero attached hydrogens (tertiary/aromatic N) is 4. The number of nitrogens with one attached hydrogen (secondary N) is 2. The lowest BCUT2D eigenvalue weighted by Crippen LogP contribution is -2.29. The van der Waals surface area contributed by atoms with Crippen LogP contribution >= 0.6 is 0 Å². The second-order valence-electron chi connectivity index (χ2n) is 7.76. The number of hydrogen-bond donors (Lipinski definition) is 3. The Morgan fingerprint density at radius 2 is 1.97 bits per heavy atom. The van der Waals surface area contributed by atoms with Crippen LogP contribution in [0.25, 0.3) is 11.2 Å². The van der Waals surface area contributed by atoms with Crippen molar-refractivity contribution < 1.29 is 27.1 Å². The lowest BCUT2D eigenvalue weighted by atomic mass is 9.93. The van der Waals surface area contributed by atoms with Crippen molar-refractivity contribution in [2.75, 3.05) is 23.8 Å². The summed E-state index contributed by atoms with van der Waals surface area (Å²) in [4.78, 5) is 13.0. The molecule has 3 unspecified atom stereocenters. The van der Waals surface area contributed by atoms with E-state index in [2.05, 4.69) is 25.6 Å². The molecular formula is C21H23F3N6O2. The first kappa shape index (κ1) is 17.6. The Balaban J connectivity index is 1.52. The van der Waals surface area contributed by atoms with Gasteiger partial charge in [-0.1, -0.05) is 0 Å². The van der Waals surface area contributed by atoms with Crippen molar-refractivity contribution in [1.29, 1.82) is 0 Å². The minimum absolute atomic E-state index is 0.0467. The Labute approximate surface area is 186 Å². The summed E-state index contributed by atoms with van der Waals surface area (Å²) in [6, 6.07) is -0.585. The molecule has 0 bridgehead atoms. The van der Waals surface area contributed by atoms with Crippen molar-refractivity contribution in [2.24, 2.45) is 0 Å². The Morgan fingerprint density at radius 1 is 1.16 bits per heavy atom. The minimum atomic E-state index is -1.94. The first-order valence-electron chi connectivity index (χ1n) is 11.8. The number of benzene rings is 1. The van der Waals surface area contributed by atoms with Crippen molar-refractivity contribution in [1.82, 2.24) is 19.5 Å². The van der Waals surface area contributed by atoms with Gasteiger partial charge in [0.05, 0.1) is 26.3 Å². The number of fused-ring (bicyclic) bond motifs is 1. The topological polar surface area (TPSA) is 97.1 Å². The van der Waals surface area contributed by atoms with E-state index in [-0.39, 0.29) is 37.2 Å². The van der Waals surface area contributed by atoms with Gasteiger partial charge < -0.3 is 20.5 Å². The van der Waals surface area contributed by atoms with Crippen LogP contribution in [0.2, 0.25) is 0 Å². The molecule has 2 fully saturated rings. The van der Waals surface area contributed by atoms with Crippen molar-refractivity contribution in [3.63, 3.8) is 0 Å². The summed E-state index contributed by atoms with van der Waals surface area (Å²) in [6.45, 7) is 0.772. The Bertz CT molecular complexity index is 1250. The molecule has 0 radical (unpaired) electrons. The average Bonchev–Trinajstić information content (AvgIpc) is 3.40. The fraction of sp³-hybridized carbons (Fsp3) is 0.476. The lowest BCUT2D eigenvalue weighted by molar-refractivity contribution is 0.126. The minimum Gasteiger partial charge on any atom is -0.393 e. The SMILES string of the molecule is [2H]C1(Nc2ncc3nc(Nc4c(F)cc(F)cc4F)n(C4CCOC4)c3n2)CCC(O)C([2H])([2H])C1. The fourth-order valence-electron chi connectivity index (χ4n) is 3.89. The summed E-state index contributed by atoms with van der Waals surface area (Å²) >= 11 is 0. The van der Waals surface area contributed by atoms with E-state index in [0.29, 0.717) is 42.9 Å². The average molecular weight is 451 g/mol. The standard InChI is InChI=1S/C21H23F3N6O2/c22-11-7-15(23)18(16(24)8-11)28-21-27-17-9-25-20(26-12-1-3-14(31)4-2-12)29-19(17)30(21)13-5-6-32-10-13/h7-9,12-14,31H,1-6,10H2,(H,27,28)(H,25,26,29)/i3D2,12D. The number of rotatable bonds is 5. The Hall–Kier alpha value is -2.92. The van der Waals surface area contributed by atoms with Gasteiger partial charge in [-0.25, -0.2) is 23.1 Å². The highest BCUT2D eigenvalue weighted by Crippen LogP contribution is 2.32. The number of anilines is 3. The third-order valence-corrected chi connectivity index (χ3v) is 5.51. The van der Waals surface area contributed by atoms with E-state index in [1.165, 1.54) is 6.20 Å². The number of aliphatic hydroxyl groups excluding tert-OH is 1. The molecule has 170 valence electrons. The van der Waals surface area contributed by atoms with E-state index in [1.807, 2.05) is 0 Å². The molecule has 8 nitrogen and oxygen atoms in total. The molecule has 11 heteroatoms. The Morgan fingerprint density at radius 3 is 2.69 bits per heavy atom. The molecule has 3 aromatic rings. The van der Waals surface area contributed by atoms with Gasteiger partial charge in [0.25, 0.3) is 0 Å². The predicted molar refractivity (Wildman–Crippen MR) is 111 cm³/mol. The van der Waals surface area contributed by atoms with Crippen molar-refractivity contribution >= 4 is 28.7 Å². The molecule has 32 heavy (non-hydrogen) atoms. The molecule has 3 N–H and O–H groups in total. The van der Waals surface area contributed by atoms with Gasteiger partial charge in [0.15, 0.2) is 17.3 Å². The smallest absolute Gasteiger partial charge is 0.224 e. The molecule has 1 aliphatic carbocycles. The summed E-state index contributed by atoms with van der Waals surface area (Å²) in [5.74, 6) is -3.19. The molecular weight excluding hydrogens is 425 g/mol. The van der Waals surface area contributed by atoms with Gasteiger partial charge in [-0.2, -0.15) is 4.98 Å². The highest BCUT2D eigenvalue weighted by molar-refractivity contribution is 5.76. The highest BCUT2D eigenvalue weighted by atomic mass is 19.1. The predicted octanol–water partition coefficient (Wildman–Crippen LogP) is 3.66. The van der Waals surface area contributed by atoms with Gasteiger partial charge in [0.1, 0.15) is 17.0 Å². The summed E-state index contributed by atoms with van der Waals surface area (Å²) < 4.78 is 73.7. The lowest BCUT2D eigenvalue weighted by Gasteiger charge is -2.26. The number of ether oxygens (including phenoxy) is 1. The first-order valence-corrected chi connectivity index (χ1v) is 10.3. The van der Waals surface area contributed by atoms with E-state index in [9.17, 15) is 18.3 Å². The van der Waals surface area contributed by atoms with Crippen LogP contribution in [0.5, 0.6) is 0 Å². The second-order valence-corrected chi connectivity index (χ2v) is 7.76. The van der Waals surface area contributed by atoms with Crippen LogP contribution in [-0.4, -0.2) is 50.0 Å². The molecule has 2 aromatic heterocycles. The zero-order valence-electron chi connectivity index (χ0n) is 19.9. The van der Waals surface area contributed by atoms with Gasteiger partial charge in [-0.15, -0.1) is 0 Å². The fourth-order valence-corrected chi connectivity index (χ4v) is 3.89. The van der Waals surface area contributed by atoms with Gasteiger partial charge in [-0.05, 0) is 32.1 Å². The molecule has 3 heterocycles. The van der Waals surface area contributed by atoms with Crippen LogP contribution in [-0.2, 0) is 4.74 Å². The van der Waals surface area contributed by atoms with Crippen molar-refractivity contribution in [2.45, 2.75) is 50.2 Å². The van der Waals surface area contributed by atoms with Gasteiger partial charge in [0, 0.05) is 27.5 Å². The zero-order valence-corrected chi connectivity index (χ0v) is 16.9. The molecule has 1 aliphatic heterocycles. The van der Waals surface area contributed by atoms with Gasteiger partial charge in [-0.3, -0.25) is 4.57 Å². The van der Waals surface area contributed by atoms with Crippen LogP contribution in [0.3, 0.4) is 0 Å². The monoisotopic (exact) mass is 451 g/mol. The molecule has 2 aliphatic rings. The normalized spacial score (nSPS) is 28.8. The third-order valence-electron chi connectivity index (χ3n) is 5.51. The zero-order chi connectivity index (χ0) is 25.0. The second kappa shape index (κ2) is 8.55. The number of aromatic nitrogens is 4. The number of halogens is 3. The summed E-state index contributed by atoms with van der Waals surface area (Å²) in [5, 5.41) is 15.4. The quantitative estimate of drug-likeness (QED) is 0.545. The van der Waals surface area contributed by atoms with Gasteiger partial charge >= 0.3 is 0 Å². The first-order chi connectivity index (χ1) is 16.5.